The summed E-state index contributed by atoms with van der Waals surface area (Å²) in [5.74, 6) is -2.07. The van der Waals surface area contributed by atoms with E-state index in [9.17, 15) is 14.7 Å². The van der Waals surface area contributed by atoms with E-state index in [-0.39, 0.29) is 12.8 Å². The van der Waals surface area contributed by atoms with E-state index in [2.05, 4.69) is 13.5 Å². The van der Waals surface area contributed by atoms with Crippen molar-refractivity contribution in [2.45, 2.75) is 116 Å². The molecule has 0 saturated heterocycles. The number of rotatable bonds is 20. The normalized spacial score (nSPS) is 13.2. The third-order valence-corrected chi connectivity index (χ3v) is 5.49. The Hall–Kier alpha value is -1.32. The predicted molar refractivity (Wildman–Crippen MR) is 112 cm³/mol. The summed E-state index contributed by atoms with van der Waals surface area (Å²) in [6.07, 6.45) is 19.3. The first-order chi connectivity index (χ1) is 13.0. The molecular weight excluding hydrogens is 340 g/mol. The van der Waals surface area contributed by atoms with Crippen LogP contribution in [-0.2, 0) is 9.59 Å². The molecule has 0 spiro atoms. The Bertz CT molecular complexity index is 405. The van der Waals surface area contributed by atoms with Crippen LogP contribution in [-0.4, -0.2) is 22.2 Å². The molecule has 0 radical (unpaired) electrons. The van der Waals surface area contributed by atoms with Gasteiger partial charge in [0.1, 0.15) is 0 Å². The lowest BCUT2D eigenvalue weighted by molar-refractivity contribution is -0.156. The standard InChI is InChI=1S/C23H42O4/c1-3-5-6-7-8-9-10-11-12-13-14-15-16-17-19-23(18-4-2,22(26)27)20-21(24)25/h4H,2-3,5-20H2,1H3,(H,24,25)(H,26,27). The Kier molecular flexibility index (Phi) is 16.0. The minimum Gasteiger partial charge on any atom is -0.481 e. The van der Waals surface area contributed by atoms with Crippen LogP contribution >= 0.6 is 0 Å². The van der Waals surface area contributed by atoms with E-state index >= 15 is 0 Å². The molecule has 0 bridgehead atoms. The van der Waals surface area contributed by atoms with E-state index in [0.29, 0.717) is 6.42 Å². The molecule has 4 heteroatoms. The van der Waals surface area contributed by atoms with Crippen LogP contribution < -0.4 is 0 Å². The molecule has 0 fully saturated rings. The Balaban J connectivity index is 3.72. The molecule has 0 aromatic rings. The highest BCUT2D eigenvalue weighted by molar-refractivity contribution is 5.81. The first kappa shape index (κ1) is 25.7. The van der Waals surface area contributed by atoms with E-state index < -0.39 is 17.4 Å². The number of hydrogen-bond donors (Lipinski definition) is 2. The largest absolute Gasteiger partial charge is 0.481 e. The predicted octanol–water partition coefficient (Wildman–Crippen LogP) is 6.98. The molecule has 0 rings (SSSR count). The number of carboxylic acid groups (broad SMARTS) is 2. The van der Waals surface area contributed by atoms with Crippen LogP contribution in [0.4, 0.5) is 0 Å². The molecule has 4 nitrogen and oxygen atoms in total. The maximum atomic E-state index is 11.6. The van der Waals surface area contributed by atoms with E-state index in [4.69, 9.17) is 5.11 Å². The summed E-state index contributed by atoms with van der Waals surface area (Å²) in [7, 11) is 0. The maximum Gasteiger partial charge on any atom is 0.310 e. The van der Waals surface area contributed by atoms with E-state index in [0.717, 1.165) is 19.3 Å². The number of carboxylic acids is 2. The molecule has 0 aromatic carbocycles. The van der Waals surface area contributed by atoms with Crippen molar-refractivity contribution in [1.82, 2.24) is 0 Å². The van der Waals surface area contributed by atoms with Gasteiger partial charge in [-0.05, 0) is 12.8 Å². The third-order valence-electron chi connectivity index (χ3n) is 5.49. The van der Waals surface area contributed by atoms with E-state index in [1.165, 1.54) is 76.7 Å². The van der Waals surface area contributed by atoms with Crippen LogP contribution in [0.2, 0.25) is 0 Å². The molecule has 0 amide bonds. The fraction of sp³-hybridized carbons (Fsp3) is 0.826. The van der Waals surface area contributed by atoms with Gasteiger partial charge in [-0.25, -0.2) is 0 Å². The number of allylic oxidation sites excluding steroid dienone is 1. The fourth-order valence-electron chi connectivity index (χ4n) is 3.76. The summed E-state index contributed by atoms with van der Waals surface area (Å²) >= 11 is 0. The van der Waals surface area contributed by atoms with Crippen molar-refractivity contribution >= 4 is 11.9 Å². The molecule has 1 unspecified atom stereocenters. The molecule has 0 saturated carbocycles. The van der Waals surface area contributed by atoms with Crippen LogP contribution in [0, 0.1) is 5.41 Å². The molecule has 0 aromatic heterocycles. The molecule has 0 heterocycles. The highest BCUT2D eigenvalue weighted by Crippen LogP contribution is 2.34. The Morgan fingerprint density at radius 2 is 1.19 bits per heavy atom. The van der Waals surface area contributed by atoms with Gasteiger partial charge in [-0.1, -0.05) is 103 Å². The maximum absolute atomic E-state index is 11.6. The van der Waals surface area contributed by atoms with Gasteiger partial charge in [0.25, 0.3) is 0 Å². The number of carbonyl (C=O) groups is 2. The van der Waals surface area contributed by atoms with Crippen LogP contribution in [0.15, 0.2) is 12.7 Å². The molecule has 27 heavy (non-hydrogen) atoms. The monoisotopic (exact) mass is 382 g/mol. The minimum absolute atomic E-state index is 0.215. The van der Waals surface area contributed by atoms with Crippen LogP contribution in [0.3, 0.4) is 0 Å². The molecular formula is C23H42O4. The summed E-state index contributed by atoms with van der Waals surface area (Å²) in [5, 5.41) is 18.5. The van der Waals surface area contributed by atoms with Gasteiger partial charge >= 0.3 is 11.9 Å². The Morgan fingerprint density at radius 3 is 1.52 bits per heavy atom. The first-order valence-electron chi connectivity index (χ1n) is 11.0. The van der Waals surface area contributed by atoms with Gasteiger partial charge in [0.05, 0.1) is 11.8 Å². The smallest absolute Gasteiger partial charge is 0.310 e. The number of hydrogen-bond acceptors (Lipinski definition) is 2. The van der Waals surface area contributed by atoms with Crippen molar-refractivity contribution in [2.75, 3.05) is 0 Å². The average molecular weight is 383 g/mol. The van der Waals surface area contributed by atoms with Crippen molar-refractivity contribution in [3.05, 3.63) is 12.7 Å². The zero-order valence-electron chi connectivity index (χ0n) is 17.5. The molecule has 0 aliphatic heterocycles. The van der Waals surface area contributed by atoms with E-state index in [1.54, 1.807) is 0 Å². The molecule has 0 aliphatic rings. The van der Waals surface area contributed by atoms with E-state index in [1.807, 2.05) is 0 Å². The zero-order chi connectivity index (χ0) is 20.4. The van der Waals surface area contributed by atoms with Crippen molar-refractivity contribution < 1.29 is 19.8 Å². The van der Waals surface area contributed by atoms with Gasteiger partial charge in [-0.2, -0.15) is 0 Å². The van der Waals surface area contributed by atoms with Crippen molar-refractivity contribution in [2.24, 2.45) is 5.41 Å². The molecule has 0 aliphatic carbocycles. The van der Waals surface area contributed by atoms with Gasteiger partial charge in [-0.15, -0.1) is 6.58 Å². The Morgan fingerprint density at radius 1 is 0.778 bits per heavy atom. The minimum atomic E-state index is -1.19. The average Bonchev–Trinajstić information content (AvgIpc) is 2.61. The molecule has 1 atom stereocenters. The molecule has 158 valence electrons. The second kappa shape index (κ2) is 16.8. The summed E-state index contributed by atoms with van der Waals surface area (Å²) in [6, 6.07) is 0. The summed E-state index contributed by atoms with van der Waals surface area (Å²) < 4.78 is 0. The van der Waals surface area contributed by atoms with Gasteiger partial charge in [0, 0.05) is 0 Å². The van der Waals surface area contributed by atoms with Crippen molar-refractivity contribution in [3.63, 3.8) is 0 Å². The van der Waals surface area contributed by atoms with Crippen LogP contribution in [0.1, 0.15) is 116 Å². The van der Waals surface area contributed by atoms with Gasteiger partial charge in [0.15, 0.2) is 0 Å². The molecule has 2 N–H and O–H groups in total. The number of aliphatic carboxylic acids is 2. The second-order valence-electron chi connectivity index (χ2n) is 7.99. The van der Waals surface area contributed by atoms with Crippen molar-refractivity contribution in [1.29, 1.82) is 0 Å². The topological polar surface area (TPSA) is 74.6 Å². The quantitative estimate of drug-likeness (QED) is 0.176. The first-order valence-corrected chi connectivity index (χ1v) is 11.0. The summed E-state index contributed by atoms with van der Waals surface area (Å²) in [4.78, 5) is 22.6. The van der Waals surface area contributed by atoms with Crippen LogP contribution in [0.25, 0.3) is 0 Å². The fourth-order valence-corrected chi connectivity index (χ4v) is 3.76. The van der Waals surface area contributed by atoms with Crippen LogP contribution in [0.5, 0.6) is 0 Å². The summed E-state index contributed by atoms with van der Waals surface area (Å²) in [6.45, 7) is 5.85. The highest BCUT2D eigenvalue weighted by atomic mass is 16.4. The second-order valence-corrected chi connectivity index (χ2v) is 7.99. The lowest BCUT2D eigenvalue weighted by Crippen LogP contribution is -2.33. The third kappa shape index (κ3) is 13.5. The lowest BCUT2D eigenvalue weighted by atomic mass is 9.76. The van der Waals surface area contributed by atoms with Gasteiger partial charge < -0.3 is 10.2 Å². The van der Waals surface area contributed by atoms with Gasteiger partial charge in [-0.3, -0.25) is 9.59 Å². The SMILES string of the molecule is C=CCC(CCCCCCCCCCCCCCCC)(CC(=O)O)C(=O)O. The van der Waals surface area contributed by atoms with Crippen molar-refractivity contribution in [3.8, 4) is 0 Å². The Labute approximate surface area is 166 Å². The number of unbranched alkanes of at least 4 members (excludes halogenated alkanes) is 13. The lowest BCUT2D eigenvalue weighted by Gasteiger charge is -2.26. The zero-order valence-corrected chi connectivity index (χ0v) is 17.5. The van der Waals surface area contributed by atoms with Gasteiger partial charge in [0.2, 0.25) is 0 Å². The highest BCUT2D eigenvalue weighted by Gasteiger charge is 2.38. The summed E-state index contributed by atoms with van der Waals surface area (Å²) in [5.41, 5.74) is -1.19.